The summed E-state index contributed by atoms with van der Waals surface area (Å²) >= 11 is 3.20. The molecule has 3 N–H and O–H groups in total. The van der Waals surface area contributed by atoms with Gasteiger partial charge in [0.25, 0.3) is 11.8 Å². The maximum absolute atomic E-state index is 13.7. The van der Waals surface area contributed by atoms with Crippen LogP contribution in [0.15, 0.2) is 150 Å². The summed E-state index contributed by atoms with van der Waals surface area (Å²) in [5.41, 5.74) is 9.33. The number of halogens is 3. The number of aromatic nitrogens is 4. The Morgan fingerprint density at radius 2 is 1.18 bits per heavy atom. The molecular weight excluding hydrogens is 899 g/mol. The van der Waals surface area contributed by atoms with E-state index in [2.05, 4.69) is 71.7 Å². The van der Waals surface area contributed by atoms with Crippen molar-refractivity contribution in [2.24, 2.45) is 0 Å². The molecule has 332 valence electrons. The van der Waals surface area contributed by atoms with Crippen molar-refractivity contribution >= 4 is 50.3 Å². The molecule has 0 bridgehead atoms. The average Bonchev–Trinajstić information content (AvgIpc) is 3.28. The minimum atomic E-state index is -0.750. The predicted octanol–water partition coefficient (Wildman–Crippen LogP) is 7.84. The second kappa shape index (κ2) is 26.0. The molecule has 0 fully saturated rings. The number of anilines is 2. The molecule has 8 rings (SSSR count). The predicted molar refractivity (Wildman–Crippen MR) is 252 cm³/mol. The molecule has 2 aliphatic rings. The summed E-state index contributed by atoms with van der Waals surface area (Å²) in [5.74, 6) is -1.81. The van der Waals surface area contributed by atoms with E-state index in [9.17, 15) is 23.5 Å². The van der Waals surface area contributed by atoms with Crippen LogP contribution < -0.4 is 50.6 Å². The van der Waals surface area contributed by atoms with Gasteiger partial charge in [-0.05, 0) is 145 Å². The van der Waals surface area contributed by atoms with Gasteiger partial charge in [-0.15, -0.1) is 5.60 Å². The van der Waals surface area contributed by atoms with Gasteiger partial charge < -0.3 is 21.1 Å². The van der Waals surface area contributed by atoms with E-state index in [1.165, 1.54) is 46.8 Å². The molecule has 0 spiro atoms. The van der Waals surface area contributed by atoms with Gasteiger partial charge in [0.1, 0.15) is 4.60 Å². The number of hydrogen-bond acceptors (Lipinski definition) is 8. The van der Waals surface area contributed by atoms with E-state index in [0.717, 1.165) is 72.6 Å². The van der Waals surface area contributed by atoms with Crippen molar-refractivity contribution in [3.8, 4) is 0 Å². The number of nitrogens with one attached hydrogen (secondary N) is 3. The maximum atomic E-state index is 13.7. The van der Waals surface area contributed by atoms with Crippen LogP contribution in [0.25, 0.3) is 11.1 Å². The Labute approximate surface area is 411 Å². The quantitative estimate of drug-likeness (QED) is 0.109. The first-order valence-corrected chi connectivity index (χ1v) is 21.7. The number of carbonyl (C=O) groups is 2. The van der Waals surface area contributed by atoms with E-state index >= 15 is 0 Å². The molecule has 0 saturated heterocycles. The molecule has 10 nitrogen and oxygen atoms in total. The van der Waals surface area contributed by atoms with Crippen LogP contribution in [0.1, 0.15) is 104 Å². The SMILES string of the molecule is Brc1ccccn1.CC(C)(C)[O-].CC1=C(c2ccc(NC(=O)c3ccncc3F)cc2)CC(c2ccccn2)CC1.CC1=C(c2ccc(NC(=O)c3ccncc3F)cc2)CNCC1.[Na+]. The van der Waals surface area contributed by atoms with Crippen LogP contribution in [0, 0.1) is 11.6 Å². The number of allylic oxidation sites excluding steroid dienone is 2. The van der Waals surface area contributed by atoms with Crippen molar-refractivity contribution < 1.29 is 53.0 Å². The van der Waals surface area contributed by atoms with Crippen LogP contribution in [-0.4, -0.2) is 50.4 Å². The number of hydrogen-bond donors (Lipinski definition) is 3. The van der Waals surface area contributed by atoms with E-state index in [1.807, 2.05) is 85.1 Å². The third kappa shape index (κ3) is 17.2. The second-order valence-corrected chi connectivity index (χ2v) is 17.0. The van der Waals surface area contributed by atoms with Crippen LogP contribution >= 0.6 is 15.9 Å². The number of nitrogens with zero attached hydrogens (tertiary/aromatic N) is 4. The summed E-state index contributed by atoms with van der Waals surface area (Å²) in [6.45, 7) is 11.1. The zero-order valence-electron chi connectivity index (χ0n) is 37.7. The Hall–Kier alpha value is -5.28. The summed E-state index contributed by atoms with van der Waals surface area (Å²) < 4.78 is 28.2. The van der Waals surface area contributed by atoms with Gasteiger partial charge in [0, 0.05) is 54.3 Å². The van der Waals surface area contributed by atoms with Gasteiger partial charge in [-0.3, -0.25) is 24.5 Å². The molecule has 5 heterocycles. The summed E-state index contributed by atoms with van der Waals surface area (Å²) in [6.07, 6.45) is 12.6. The molecule has 0 radical (unpaired) electrons. The molecule has 1 atom stereocenters. The first-order valence-electron chi connectivity index (χ1n) is 20.9. The fourth-order valence-electron chi connectivity index (χ4n) is 6.80. The number of benzene rings is 2. The fraction of sp³-hybridized carbons (Fsp3) is 0.255. The van der Waals surface area contributed by atoms with Crippen LogP contribution in [0.5, 0.6) is 0 Å². The topological polar surface area (TPSA) is 145 Å². The van der Waals surface area contributed by atoms with Gasteiger partial charge in [0.05, 0.1) is 23.5 Å². The molecule has 1 aliphatic heterocycles. The summed E-state index contributed by atoms with van der Waals surface area (Å²) in [6, 6.07) is 29.9. The van der Waals surface area contributed by atoms with Crippen LogP contribution in [0.3, 0.4) is 0 Å². The average molecular weight is 953 g/mol. The van der Waals surface area contributed by atoms with Crippen LogP contribution in [0.2, 0.25) is 0 Å². The van der Waals surface area contributed by atoms with Gasteiger partial charge in [0.15, 0.2) is 11.6 Å². The largest absolute Gasteiger partial charge is 1.00 e. The van der Waals surface area contributed by atoms with E-state index in [-0.39, 0.29) is 40.7 Å². The van der Waals surface area contributed by atoms with Crippen molar-refractivity contribution in [1.29, 1.82) is 0 Å². The molecule has 2 amide bonds. The molecule has 1 unspecified atom stereocenters. The van der Waals surface area contributed by atoms with Gasteiger partial charge >= 0.3 is 29.6 Å². The van der Waals surface area contributed by atoms with Crippen molar-refractivity contribution in [3.05, 3.63) is 190 Å². The number of amides is 2. The first kappa shape index (κ1) is 52.3. The Bertz CT molecular complexity index is 2510. The van der Waals surface area contributed by atoms with E-state index in [1.54, 1.807) is 27.0 Å². The molecule has 6 aromatic rings. The molecular formula is C51H53BrF2N7NaO3. The zero-order valence-corrected chi connectivity index (χ0v) is 41.3. The molecule has 2 aromatic carbocycles. The smallest absolute Gasteiger partial charge is 0.850 e. The Morgan fingerprint density at radius 3 is 1.62 bits per heavy atom. The third-order valence-electron chi connectivity index (χ3n) is 10.1. The minimum Gasteiger partial charge on any atom is -0.850 e. The summed E-state index contributed by atoms with van der Waals surface area (Å²) in [5, 5.41) is 18.9. The van der Waals surface area contributed by atoms with Crippen molar-refractivity contribution in [3.63, 3.8) is 0 Å². The van der Waals surface area contributed by atoms with Crippen molar-refractivity contribution in [2.75, 3.05) is 23.7 Å². The van der Waals surface area contributed by atoms with E-state index in [4.69, 9.17) is 0 Å². The van der Waals surface area contributed by atoms with Gasteiger partial charge in [-0.2, -0.15) is 0 Å². The zero-order chi connectivity index (χ0) is 46.1. The molecule has 14 heteroatoms. The fourth-order valence-corrected chi connectivity index (χ4v) is 7.08. The standard InChI is InChI=1S/C24H22FN3O.C18H18FN3O.C5H4BrN.C4H9O.Na/c1-16-5-6-18(23-4-2-3-12-27-23)14-21(16)17-7-9-19(10-8-17)28-24(29)20-11-13-26-15-22(20)25;1-12-6-8-20-10-16(12)13-2-4-14(5-3-13)22-18(23)15-7-9-21-11-17(15)19;6-5-3-1-2-4-7-5;1-4(2,3)5;/h2-4,7-13,15,18H,5-6,14H2,1H3,(H,28,29);2-5,7,9,11,20H,6,8,10H2,1H3,(H,22,23);1-4H;1-3H3;/q;;;-1;+1. The van der Waals surface area contributed by atoms with Crippen molar-refractivity contribution in [1.82, 2.24) is 25.3 Å². The normalized spacial score (nSPS) is 14.4. The molecule has 0 saturated carbocycles. The number of rotatable bonds is 7. The van der Waals surface area contributed by atoms with Crippen LogP contribution in [-0.2, 0) is 0 Å². The van der Waals surface area contributed by atoms with E-state index < -0.39 is 29.0 Å². The third-order valence-corrected chi connectivity index (χ3v) is 10.5. The second-order valence-electron chi connectivity index (χ2n) is 16.2. The van der Waals surface area contributed by atoms with Crippen LogP contribution in [0.4, 0.5) is 20.2 Å². The minimum absolute atomic E-state index is 0. The maximum Gasteiger partial charge on any atom is 1.00 e. The molecule has 1 aliphatic carbocycles. The summed E-state index contributed by atoms with van der Waals surface area (Å²) in [7, 11) is 0. The summed E-state index contributed by atoms with van der Waals surface area (Å²) in [4.78, 5) is 40.1. The Kier molecular flexibility index (Phi) is 20.9. The monoisotopic (exact) mass is 951 g/mol. The van der Waals surface area contributed by atoms with Gasteiger partial charge in [-0.1, -0.05) is 68.3 Å². The van der Waals surface area contributed by atoms with E-state index in [0.29, 0.717) is 17.3 Å². The van der Waals surface area contributed by atoms with Crippen molar-refractivity contribution in [2.45, 2.75) is 71.8 Å². The Balaban J connectivity index is 0.000000227. The van der Waals surface area contributed by atoms with Gasteiger partial charge in [-0.25, -0.2) is 13.8 Å². The number of carbonyl (C=O) groups excluding carboxylic acids is 2. The van der Waals surface area contributed by atoms with Gasteiger partial charge in [0.2, 0.25) is 0 Å². The number of pyridine rings is 4. The first-order chi connectivity index (χ1) is 30.7. The Morgan fingerprint density at radius 1 is 0.692 bits per heavy atom. The molecule has 65 heavy (non-hydrogen) atoms. The molecule has 4 aromatic heterocycles.